The average Bonchev–Trinajstić information content (AvgIpc) is 2.55. The van der Waals surface area contributed by atoms with Crippen LogP contribution >= 0.6 is 15.9 Å². The predicted octanol–water partition coefficient (Wildman–Crippen LogP) is 1.65. The van der Waals surface area contributed by atoms with E-state index < -0.39 is 9.84 Å². The van der Waals surface area contributed by atoms with Gasteiger partial charge in [0.2, 0.25) is 0 Å². The third kappa shape index (κ3) is 5.46. The highest BCUT2D eigenvalue weighted by Gasteiger charge is 2.20. The van der Waals surface area contributed by atoms with Gasteiger partial charge in [0.05, 0.1) is 23.3 Å². The first kappa shape index (κ1) is 19.2. The molecule has 8 heteroatoms. The molecule has 1 fully saturated rings. The van der Waals surface area contributed by atoms with Crippen molar-refractivity contribution in [2.24, 2.45) is 4.99 Å². The Labute approximate surface area is 152 Å². The molecule has 24 heavy (non-hydrogen) atoms. The van der Waals surface area contributed by atoms with Crippen LogP contribution in [0, 0.1) is 0 Å². The monoisotopic (exact) mass is 417 g/mol. The molecule has 1 saturated heterocycles. The van der Waals surface area contributed by atoms with Crippen LogP contribution in [0.15, 0.2) is 38.6 Å². The van der Waals surface area contributed by atoms with Crippen molar-refractivity contribution in [2.45, 2.75) is 30.8 Å². The highest BCUT2D eigenvalue weighted by molar-refractivity contribution is 9.10. The lowest BCUT2D eigenvalue weighted by atomic mass is 10.1. The van der Waals surface area contributed by atoms with Crippen molar-refractivity contribution in [1.82, 2.24) is 10.2 Å². The summed E-state index contributed by atoms with van der Waals surface area (Å²) in [5.41, 5.74) is 0. The first-order valence-corrected chi connectivity index (χ1v) is 10.6. The number of halogens is 1. The largest absolute Gasteiger partial charge is 0.393 e. The van der Waals surface area contributed by atoms with E-state index in [1.807, 2.05) is 6.92 Å². The van der Waals surface area contributed by atoms with Crippen molar-refractivity contribution < 1.29 is 13.5 Å². The van der Waals surface area contributed by atoms with Gasteiger partial charge in [0, 0.05) is 24.1 Å². The van der Waals surface area contributed by atoms with Gasteiger partial charge >= 0.3 is 0 Å². The van der Waals surface area contributed by atoms with Gasteiger partial charge in [-0.25, -0.2) is 8.42 Å². The maximum atomic E-state index is 12.4. The van der Waals surface area contributed by atoms with Crippen LogP contribution in [0.2, 0.25) is 0 Å². The van der Waals surface area contributed by atoms with Gasteiger partial charge in [-0.15, -0.1) is 0 Å². The molecule has 1 aliphatic rings. The molecule has 2 rings (SSSR count). The van der Waals surface area contributed by atoms with Gasteiger partial charge in [0.1, 0.15) is 0 Å². The number of hydrogen-bond acceptors (Lipinski definition) is 4. The van der Waals surface area contributed by atoms with Crippen molar-refractivity contribution >= 4 is 31.7 Å². The fourth-order valence-electron chi connectivity index (χ4n) is 2.53. The second kappa shape index (κ2) is 8.82. The molecule has 1 aromatic rings. The molecule has 0 bridgehead atoms. The van der Waals surface area contributed by atoms with Crippen LogP contribution < -0.4 is 5.32 Å². The van der Waals surface area contributed by atoms with E-state index >= 15 is 0 Å². The van der Waals surface area contributed by atoms with E-state index in [2.05, 4.69) is 31.1 Å². The van der Waals surface area contributed by atoms with E-state index in [-0.39, 0.29) is 18.4 Å². The Balaban J connectivity index is 1.99. The summed E-state index contributed by atoms with van der Waals surface area (Å²) in [6.07, 6.45) is 1.17. The molecule has 0 amide bonds. The number of benzene rings is 1. The molecular weight excluding hydrogens is 394 g/mol. The Hall–Kier alpha value is -1.12. The minimum absolute atomic E-state index is 0.0278. The van der Waals surface area contributed by atoms with Gasteiger partial charge in [-0.3, -0.25) is 4.99 Å². The molecule has 0 aliphatic carbocycles. The van der Waals surface area contributed by atoms with Crippen LogP contribution in [-0.2, 0) is 9.84 Å². The number of hydrogen-bond donors (Lipinski definition) is 2. The van der Waals surface area contributed by atoms with E-state index in [1.54, 1.807) is 24.3 Å². The summed E-state index contributed by atoms with van der Waals surface area (Å²) in [5, 5.41) is 12.8. The van der Waals surface area contributed by atoms with E-state index in [0.29, 0.717) is 17.7 Å². The number of likely N-dealkylation sites (tertiary alicyclic amines) is 1. The lowest BCUT2D eigenvalue weighted by molar-refractivity contribution is 0.108. The number of nitrogens with zero attached hydrogens (tertiary/aromatic N) is 2. The summed E-state index contributed by atoms with van der Waals surface area (Å²) >= 11 is 3.30. The molecule has 0 unspecified atom stereocenters. The third-order valence-corrected chi connectivity index (χ3v) is 6.13. The zero-order valence-electron chi connectivity index (χ0n) is 13.8. The first-order valence-electron chi connectivity index (χ1n) is 8.12. The van der Waals surface area contributed by atoms with Crippen LogP contribution in [-0.4, -0.2) is 62.4 Å². The lowest BCUT2D eigenvalue weighted by Gasteiger charge is -2.32. The molecule has 0 aromatic heterocycles. The number of rotatable bonds is 5. The third-order valence-electron chi connectivity index (χ3n) is 3.89. The molecule has 0 radical (unpaired) electrons. The molecule has 1 aromatic carbocycles. The first-order chi connectivity index (χ1) is 11.4. The van der Waals surface area contributed by atoms with Gasteiger partial charge in [0.25, 0.3) is 0 Å². The normalized spacial score (nSPS) is 17.1. The molecular formula is C16H24BrN3O3S. The van der Waals surface area contributed by atoms with Crippen LogP contribution in [0.4, 0.5) is 0 Å². The summed E-state index contributed by atoms with van der Waals surface area (Å²) in [4.78, 5) is 6.84. The molecule has 2 N–H and O–H groups in total. The van der Waals surface area contributed by atoms with Crippen molar-refractivity contribution in [2.75, 3.05) is 31.9 Å². The van der Waals surface area contributed by atoms with Crippen LogP contribution in [0.25, 0.3) is 0 Å². The zero-order valence-corrected chi connectivity index (χ0v) is 16.2. The Morgan fingerprint density at radius 3 is 2.54 bits per heavy atom. The fourth-order valence-corrected chi connectivity index (χ4v) is 3.92. The lowest BCUT2D eigenvalue weighted by Crippen LogP contribution is -2.46. The van der Waals surface area contributed by atoms with Crippen molar-refractivity contribution in [1.29, 1.82) is 0 Å². The molecule has 6 nitrogen and oxygen atoms in total. The second-order valence-corrected chi connectivity index (χ2v) is 8.75. The number of piperidine rings is 1. The minimum Gasteiger partial charge on any atom is -0.393 e. The van der Waals surface area contributed by atoms with Crippen molar-refractivity contribution in [3.8, 4) is 0 Å². The number of aliphatic imine (C=N–C) groups is 1. The van der Waals surface area contributed by atoms with Crippen molar-refractivity contribution in [3.05, 3.63) is 28.7 Å². The van der Waals surface area contributed by atoms with Gasteiger partial charge in [0.15, 0.2) is 15.8 Å². The van der Waals surface area contributed by atoms with Gasteiger partial charge in [-0.05, 0) is 44.0 Å². The molecule has 0 saturated carbocycles. The van der Waals surface area contributed by atoms with E-state index in [4.69, 9.17) is 0 Å². The summed E-state index contributed by atoms with van der Waals surface area (Å²) in [7, 11) is -3.34. The Morgan fingerprint density at radius 2 is 1.96 bits per heavy atom. The maximum absolute atomic E-state index is 12.4. The number of aliphatic hydroxyl groups is 1. The number of aliphatic hydroxyl groups excluding tert-OH is 1. The molecule has 134 valence electrons. The Bertz CT molecular complexity index is 654. The Morgan fingerprint density at radius 1 is 1.33 bits per heavy atom. The van der Waals surface area contributed by atoms with Crippen LogP contribution in [0.1, 0.15) is 19.8 Å². The Kier molecular flexibility index (Phi) is 7.06. The topological polar surface area (TPSA) is 82.0 Å². The predicted molar refractivity (Wildman–Crippen MR) is 99.0 cm³/mol. The number of nitrogens with one attached hydrogen (secondary N) is 1. The molecule has 1 heterocycles. The smallest absolute Gasteiger partial charge is 0.193 e. The van der Waals surface area contributed by atoms with E-state index in [9.17, 15) is 13.5 Å². The minimum atomic E-state index is -3.34. The SMILES string of the molecule is CCNC(=NCCS(=O)(=O)c1ccc(Br)cc1)N1CCC(O)CC1. The highest BCUT2D eigenvalue weighted by Crippen LogP contribution is 2.16. The summed E-state index contributed by atoms with van der Waals surface area (Å²) in [6.45, 7) is 4.36. The second-order valence-electron chi connectivity index (χ2n) is 5.73. The number of sulfone groups is 1. The fraction of sp³-hybridized carbons (Fsp3) is 0.562. The standard InChI is InChI=1S/C16H24BrN3O3S/c1-2-18-16(20-10-7-14(21)8-11-20)19-9-12-24(22,23)15-5-3-13(17)4-6-15/h3-6,14,21H,2,7-12H2,1H3,(H,18,19). The highest BCUT2D eigenvalue weighted by atomic mass is 79.9. The van der Waals surface area contributed by atoms with E-state index in [1.165, 1.54) is 0 Å². The van der Waals surface area contributed by atoms with Gasteiger partial charge in [-0.1, -0.05) is 15.9 Å². The van der Waals surface area contributed by atoms with Crippen LogP contribution in [0.3, 0.4) is 0 Å². The van der Waals surface area contributed by atoms with Crippen LogP contribution in [0.5, 0.6) is 0 Å². The maximum Gasteiger partial charge on any atom is 0.193 e. The average molecular weight is 418 g/mol. The number of guanidine groups is 1. The van der Waals surface area contributed by atoms with E-state index in [0.717, 1.165) is 30.1 Å². The summed E-state index contributed by atoms with van der Waals surface area (Å²) < 4.78 is 25.5. The van der Waals surface area contributed by atoms with Gasteiger partial charge in [-0.2, -0.15) is 0 Å². The quantitative estimate of drug-likeness (QED) is 0.562. The zero-order chi connectivity index (χ0) is 17.6. The molecule has 1 aliphatic heterocycles. The molecule has 0 atom stereocenters. The van der Waals surface area contributed by atoms with Crippen molar-refractivity contribution in [3.63, 3.8) is 0 Å². The summed E-state index contributed by atoms with van der Waals surface area (Å²) in [6, 6.07) is 6.64. The molecule has 0 spiro atoms. The van der Waals surface area contributed by atoms with Gasteiger partial charge < -0.3 is 15.3 Å². The summed E-state index contributed by atoms with van der Waals surface area (Å²) in [5.74, 6) is 0.690.